The fraction of sp³-hybridized carbons (Fsp3) is 0.561. The molecule has 0 spiro atoms. The zero-order valence-electron chi connectivity index (χ0n) is 29.1. The summed E-state index contributed by atoms with van der Waals surface area (Å²) in [5.74, 6) is 10.2. The van der Waals surface area contributed by atoms with Crippen molar-refractivity contribution in [3.63, 3.8) is 0 Å². The summed E-state index contributed by atoms with van der Waals surface area (Å²) in [4.78, 5) is 28.1. The van der Waals surface area contributed by atoms with Crippen molar-refractivity contribution in [3.05, 3.63) is 82.0 Å². The summed E-state index contributed by atoms with van der Waals surface area (Å²) in [6.07, 6.45) is 15.6. The van der Waals surface area contributed by atoms with Crippen LogP contribution in [0.3, 0.4) is 0 Å². The van der Waals surface area contributed by atoms with Gasteiger partial charge < -0.3 is 9.29 Å². The van der Waals surface area contributed by atoms with Crippen LogP contribution in [-0.4, -0.2) is 16.7 Å². The van der Waals surface area contributed by atoms with Gasteiger partial charge in [-0.25, -0.2) is 0 Å². The number of Topliss-reactive ketones (excluding diaryl/α,β-unsaturated/α-hetero) is 2. The molecule has 269 valence electrons. The molecule has 7 nitrogen and oxygen atoms in total. The van der Waals surface area contributed by atoms with Crippen molar-refractivity contribution in [2.75, 3.05) is 0 Å². The van der Waals surface area contributed by atoms with Gasteiger partial charge in [0.2, 0.25) is 0 Å². The topological polar surface area (TPSA) is 108 Å². The molecule has 0 aromatic heterocycles. The van der Waals surface area contributed by atoms with Crippen LogP contribution >= 0.6 is 12.3 Å². The Morgan fingerprint density at radius 1 is 0.800 bits per heavy atom. The number of phenols is 1. The van der Waals surface area contributed by atoms with Gasteiger partial charge in [0.05, 0.1) is 0 Å². The van der Waals surface area contributed by atoms with Gasteiger partial charge in [0.15, 0.2) is 11.6 Å². The van der Waals surface area contributed by atoms with Crippen molar-refractivity contribution in [1.29, 1.82) is 0 Å². The van der Waals surface area contributed by atoms with E-state index < -0.39 is 0 Å². The quantitative estimate of drug-likeness (QED) is 0.131. The van der Waals surface area contributed by atoms with Gasteiger partial charge in [0.25, 0.3) is 12.3 Å². The predicted molar refractivity (Wildman–Crippen MR) is 193 cm³/mol. The molecule has 0 heterocycles. The predicted octanol–water partition coefficient (Wildman–Crippen LogP) is 9.44. The fourth-order valence-corrected chi connectivity index (χ4v) is 11.7. The molecule has 2 aromatic rings. The molecule has 0 aliphatic heterocycles. The van der Waals surface area contributed by atoms with Crippen molar-refractivity contribution in [1.82, 2.24) is 0 Å². The summed E-state index contributed by atoms with van der Waals surface area (Å²) in [5, 5.41) is 9.73. The van der Waals surface area contributed by atoms with Gasteiger partial charge in [-0.15, -0.1) is 9.32 Å². The van der Waals surface area contributed by atoms with E-state index in [1.54, 1.807) is 13.8 Å². The molecule has 6 aliphatic carbocycles. The summed E-state index contributed by atoms with van der Waals surface area (Å²) in [6, 6.07) is 12.2. The van der Waals surface area contributed by atoms with Crippen molar-refractivity contribution in [2.45, 2.75) is 111 Å². The van der Waals surface area contributed by atoms with Crippen LogP contribution in [0.2, 0.25) is 0 Å². The van der Waals surface area contributed by atoms with Crippen LogP contribution in [0.15, 0.2) is 59.7 Å². The van der Waals surface area contributed by atoms with E-state index in [1.165, 1.54) is 41.5 Å². The number of aryl methyl sites for hydroxylation is 2. The molecule has 2 saturated carbocycles. The van der Waals surface area contributed by atoms with Crippen LogP contribution in [0.1, 0.15) is 121 Å². The molecule has 3 N–H and O–H groups in total. The van der Waals surface area contributed by atoms with Gasteiger partial charge in [0, 0.05) is 18.6 Å². The number of aromatic hydroxyl groups is 1. The minimum Gasteiger partial charge on any atom is -0.508 e. The SMILES string of the molecule is C.CC(=O)C1=CCC2C3CCc4cc(O)ccc4C3CCC12C.CC(=O)C1=CCC2C3CCc4cc(OSOON)ccc4C3CCC12C.[V]. The Labute approximate surface area is 314 Å². The van der Waals surface area contributed by atoms with Crippen LogP contribution in [-0.2, 0) is 50.3 Å². The van der Waals surface area contributed by atoms with Gasteiger partial charge >= 0.3 is 0 Å². The smallest absolute Gasteiger partial charge is 0.260 e. The maximum atomic E-state index is 12.1. The number of nitrogens with two attached hydrogens (primary N) is 1. The van der Waals surface area contributed by atoms with Crippen LogP contribution < -0.4 is 10.1 Å². The monoisotopic (exact) mass is 738 g/mol. The Balaban J connectivity index is 0.000000189. The average Bonchev–Trinajstić information content (AvgIpc) is 3.62. The van der Waals surface area contributed by atoms with E-state index in [-0.39, 0.29) is 48.4 Å². The maximum Gasteiger partial charge on any atom is 0.260 e. The summed E-state index contributed by atoms with van der Waals surface area (Å²) >= 11 is 0.709. The van der Waals surface area contributed by atoms with E-state index in [4.69, 9.17) is 10.1 Å². The first-order valence-electron chi connectivity index (χ1n) is 17.8. The van der Waals surface area contributed by atoms with E-state index in [0.29, 0.717) is 53.6 Å². The maximum absolute atomic E-state index is 12.1. The van der Waals surface area contributed by atoms with Gasteiger partial charge in [-0.3, -0.25) is 9.59 Å². The number of ketones is 2. The molecule has 8 unspecified atom stereocenters. The zero-order valence-corrected chi connectivity index (χ0v) is 31.3. The van der Waals surface area contributed by atoms with Gasteiger partial charge in [0.1, 0.15) is 11.5 Å². The number of phenolic OH excluding ortho intramolecular Hbond substituents is 1. The molecular formula is C41H53NO6SV. The number of benzene rings is 2. The molecule has 2 aromatic carbocycles. The Hall–Kier alpha value is -2.33. The van der Waals surface area contributed by atoms with E-state index >= 15 is 0 Å². The van der Waals surface area contributed by atoms with E-state index in [1.807, 2.05) is 18.2 Å². The number of hydrogen-bond donors (Lipinski definition) is 2. The zero-order chi connectivity index (χ0) is 33.8. The molecule has 50 heavy (non-hydrogen) atoms. The van der Waals surface area contributed by atoms with Crippen molar-refractivity contribution < 1.29 is 46.8 Å². The number of rotatable bonds is 6. The number of hydrogen-bond acceptors (Lipinski definition) is 8. The third kappa shape index (κ3) is 6.70. The molecule has 0 bridgehead atoms. The molecule has 8 rings (SSSR count). The number of allylic oxidation sites excluding steroid dienone is 4. The summed E-state index contributed by atoms with van der Waals surface area (Å²) in [7, 11) is 0. The van der Waals surface area contributed by atoms with Crippen LogP contribution in [0, 0.1) is 34.5 Å². The van der Waals surface area contributed by atoms with Crippen LogP contribution in [0.5, 0.6) is 11.5 Å². The number of carbonyl (C=O) groups excluding carboxylic acids is 2. The normalized spacial score (nSPS) is 32.7. The largest absolute Gasteiger partial charge is 0.508 e. The third-order valence-electron chi connectivity index (χ3n) is 13.5. The summed E-state index contributed by atoms with van der Waals surface area (Å²) < 4.78 is 9.91. The van der Waals surface area contributed by atoms with E-state index in [2.05, 4.69) is 53.5 Å². The average molecular weight is 739 g/mol. The van der Waals surface area contributed by atoms with Crippen LogP contribution in [0.4, 0.5) is 0 Å². The molecule has 8 atom stereocenters. The van der Waals surface area contributed by atoms with E-state index in [9.17, 15) is 14.7 Å². The first-order chi connectivity index (χ1) is 23.0. The molecular weight excluding hydrogens is 685 g/mol. The Morgan fingerprint density at radius 3 is 1.80 bits per heavy atom. The Bertz CT molecular complexity index is 1670. The summed E-state index contributed by atoms with van der Waals surface area (Å²) in [6.45, 7) is 8.09. The second-order valence-corrected chi connectivity index (χ2v) is 16.1. The second-order valence-electron chi connectivity index (χ2n) is 15.6. The first-order valence-corrected chi connectivity index (χ1v) is 18.5. The van der Waals surface area contributed by atoms with Gasteiger partial charge in [-0.2, -0.15) is 5.90 Å². The van der Waals surface area contributed by atoms with Crippen molar-refractivity contribution >= 4 is 23.9 Å². The Morgan fingerprint density at radius 2 is 1.30 bits per heavy atom. The van der Waals surface area contributed by atoms with Gasteiger partial charge in [-0.1, -0.05) is 45.6 Å². The molecule has 2 fully saturated rings. The minimum absolute atomic E-state index is 0. The van der Waals surface area contributed by atoms with Crippen molar-refractivity contribution in [2.24, 2.45) is 40.4 Å². The molecule has 1 radical (unpaired) electrons. The van der Waals surface area contributed by atoms with Crippen molar-refractivity contribution in [3.8, 4) is 11.5 Å². The second kappa shape index (κ2) is 15.3. The summed E-state index contributed by atoms with van der Waals surface area (Å²) in [5.41, 5.74) is 7.94. The van der Waals surface area contributed by atoms with Gasteiger partial charge in [-0.05, 0) is 182 Å². The standard InChI is InChI=1S/C20H25NO4S.C20H24O2.CH4.V/c1-12(22)18-7-8-19-17-5-3-13-11-14(23-26-25-24-21)4-6-15(13)16(17)9-10-20(18,19)2;1-12(21)18-7-8-19-17-5-3-13-11-14(22)4-6-15(13)16(17)9-10-20(18,19)2;;/h4,6-7,11,16-17,19H,3,5,8-10,21H2,1-2H3;4,6-7,11,16-17,19,22H,3,5,8-10H2,1-2H3;1H4;. The molecule has 0 amide bonds. The number of carbonyl (C=O) groups is 2. The first kappa shape index (κ1) is 38.9. The van der Waals surface area contributed by atoms with Crippen LogP contribution in [0.25, 0.3) is 0 Å². The molecule has 9 heteroatoms. The minimum atomic E-state index is 0. The van der Waals surface area contributed by atoms with E-state index in [0.717, 1.165) is 61.8 Å². The molecule has 0 saturated heterocycles. The molecule has 6 aliphatic rings. The number of fused-ring (bicyclic) bond motifs is 10. The third-order valence-corrected chi connectivity index (χ3v) is 13.9. The Kier molecular flexibility index (Phi) is 11.9. The fourth-order valence-electron chi connectivity index (χ4n) is 11.5.